The van der Waals surface area contributed by atoms with Crippen molar-refractivity contribution in [1.29, 1.82) is 0 Å². The van der Waals surface area contributed by atoms with Gasteiger partial charge in [0, 0.05) is 6.07 Å². The van der Waals surface area contributed by atoms with E-state index < -0.39 is 27.7 Å². The van der Waals surface area contributed by atoms with Crippen LogP contribution in [0.25, 0.3) is 0 Å². The first-order valence-corrected chi connectivity index (χ1v) is 9.70. The fourth-order valence-electron chi connectivity index (χ4n) is 2.61. The van der Waals surface area contributed by atoms with Crippen LogP contribution in [0.1, 0.15) is 40.3 Å². The van der Waals surface area contributed by atoms with E-state index in [2.05, 4.69) is 4.72 Å². The van der Waals surface area contributed by atoms with E-state index >= 15 is 0 Å². The summed E-state index contributed by atoms with van der Waals surface area (Å²) in [6.45, 7) is 4.31. The summed E-state index contributed by atoms with van der Waals surface area (Å²) in [5.74, 6) is -1.32. The largest absolute Gasteiger partial charge is 0.497 e. The minimum atomic E-state index is -4.26. The maximum Gasteiger partial charge on any atom is 0.344 e. The first-order chi connectivity index (χ1) is 13.2. The quantitative estimate of drug-likeness (QED) is 0.520. The highest BCUT2D eigenvalue weighted by atomic mass is 32.2. The van der Waals surface area contributed by atoms with E-state index in [1.54, 1.807) is 6.92 Å². The molecule has 152 valence electrons. The molecule has 0 bridgehead atoms. The number of hydrogen-bond donors (Lipinski definition) is 1. The van der Waals surface area contributed by atoms with E-state index in [0.29, 0.717) is 0 Å². The molecule has 0 amide bonds. The van der Waals surface area contributed by atoms with Gasteiger partial charge in [0.25, 0.3) is 10.0 Å². The maximum atomic E-state index is 12.9. The van der Waals surface area contributed by atoms with E-state index in [0.717, 1.165) is 0 Å². The van der Waals surface area contributed by atoms with Gasteiger partial charge in [0.2, 0.25) is 5.88 Å². The Hall–Kier alpha value is -3.01. The van der Waals surface area contributed by atoms with Crippen molar-refractivity contribution in [2.75, 3.05) is 25.5 Å². The molecule has 1 N–H and O–H groups in total. The predicted octanol–water partition coefficient (Wildman–Crippen LogP) is 2.79. The summed E-state index contributed by atoms with van der Waals surface area (Å²) in [6, 6.07) is 4.22. The van der Waals surface area contributed by atoms with Gasteiger partial charge in [0.1, 0.15) is 27.7 Å². The number of methoxy groups -OCH3 is 2. The lowest BCUT2D eigenvalue weighted by Crippen LogP contribution is -2.17. The van der Waals surface area contributed by atoms with Crippen molar-refractivity contribution in [1.82, 2.24) is 0 Å². The Morgan fingerprint density at radius 3 is 2.36 bits per heavy atom. The number of furan rings is 1. The zero-order chi connectivity index (χ0) is 21.1. The van der Waals surface area contributed by atoms with Crippen LogP contribution >= 0.6 is 0 Å². The van der Waals surface area contributed by atoms with Gasteiger partial charge >= 0.3 is 5.97 Å². The molecule has 0 radical (unpaired) electrons. The zero-order valence-corrected chi connectivity index (χ0v) is 16.9. The van der Waals surface area contributed by atoms with Crippen LogP contribution in [0.4, 0.5) is 5.88 Å². The third-order valence-corrected chi connectivity index (χ3v) is 5.16. The summed E-state index contributed by atoms with van der Waals surface area (Å²) >= 11 is 0. The molecule has 9 nitrogen and oxygen atoms in total. The lowest BCUT2D eigenvalue weighted by Gasteiger charge is -2.12. The van der Waals surface area contributed by atoms with Crippen LogP contribution in [0.5, 0.6) is 11.5 Å². The Kier molecular flexibility index (Phi) is 6.34. The number of benzene rings is 1. The topological polar surface area (TPSA) is 121 Å². The second-order valence-electron chi connectivity index (χ2n) is 5.64. The van der Waals surface area contributed by atoms with Gasteiger partial charge in [-0.3, -0.25) is 4.79 Å². The number of aryl methyl sites for hydroxylation is 1. The highest BCUT2D eigenvalue weighted by Crippen LogP contribution is 2.33. The van der Waals surface area contributed by atoms with Crippen molar-refractivity contribution in [2.24, 2.45) is 0 Å². The fraction of sp³-hybridized carbons (Fsp3) is 0.333. The highest BCUT2D eigenvalue weighted by molar-refractivity contribution is 7.92. The van der Waals surface area contributed by atoms with Gasteiger partial charge < -0.3 is 18.6 Å². The van der Waals surface area contributed by atoms with Crippen molar-refractivity contribution >= 4 is 27.7 Å². The SMILES string of the molecule is CCOC(=O)c1c(NS(=O)(=O)c2cc(OC)ccc2OC)oc(C)c1C(C)=O. The van der Waals surface area contributed by atoms with Gasteiger partial charge in [0.15, 0.2) is 5.78 Å². The van der Waals surface area contributed by atoms with Crippen LogP contribution in [0.2, 0.25) is 0 Å². The maximum absolute atomic E-state index is 12.9. The standard InChI is InChI=1S/C18H21NO8S/c1-6-26-18(21)16-15(10(2)20)11(3)27-17(16)19-28(22,23)14-9-12(24-4)7-8-13(14)25-5/h7-9,19H,6H2,1-5H3. The van der Waals surface area contributed by atoms with Crippen molar-refractivity contribution in [3.8, 4) is 11.5 Å². The van der Waals surface area contributed by atoms with Crippen LogP contribution in [0.3, 0.4) is 0 Å². The first-order valence-electron chi connectivity index (χ1n) is 8.22. The van der Waals surface area contributed by atoms with E-state index in [-0.39, 0.29) is 39.9 Å². The molecule has 1 aromatic heterocycles. The highest BCUT2D eigenvalue weighted by Gasteiger charge is 2.31. The molecule has 10 heteroatoms. The van der Waals surface area contributed by atoms with Crippen molar-refractivity contribution in [2.45, 2.75) is 25.7 Å². The second kappa shape index (κ2) is 8.34. The molecular weight excluding hydrogens is 390 g/mol. The van der Waals surface area contributed by atoms with E-state index in [1.165, 1.54) is 46.3 Å². The number of anilines is 1. The number of ketones is 1. The number of nitrogens with one attached hydrogen (secondary N) is 1. The molecule has 28 heavy (non-hydrogen) atoms. The summed E-state index contributed by atoms with van der Waals surface area (Å²) in [5, 5.41) is 0. The number of esters is 1. The average Bonchev–Trinajstić information content (AvgIpc) is 2.96. The molecule has 2 rings (SSSR count). The lowest BCUT2D eigenvalue weighted by molar-refractivity contribution is 0.0524. The predicted molar refractivity (Wildman–Crippen MR) is 99.8 cm³/mol. The zero-order valence-electron chi connectivity index (χ0n) is 16.1. The molecule has 1 aromatic carbocycles. The number of sulfonamides is 1. The van der Waals surface area contributed by atoms with Crippen LogP contribution in [-0.2, 0) is 14.8 Å². The summed E-state index contributed by atoms with van der Waals surface area (Å²) in [6.07, 6.45) is 0. The third kappa shape index (κ3) is 4.11. The Bertz CT molecular complexity index is 1010. The van der Waals surface area contributed by atoms with Gasteiger partial charge in [-0.15, -0.1) is 0 Å². The number of carbonyl (C=O) groups is 2. The van der Waals surface area contributed by atoms with E-state index in [1.807, 2.05) is 0 Å². The van der Waals surface area contributed by atoms with Crippen LogP contribution in [0, 0.1) is 6.92 Å². The van der Waals surface area contributed by atoms with E-state index in [4.69, 9.17) is 18.6 Å². The number of hydrogen-bond acceptors (Lipinski definition) is 8. The van der Waals surface area contributed by atoms with E-state index in [9.17, 15) is 18.0 Å². The number of rotatable bonds is 8. The van der Waals surface area contributed by atoms with Gasteiger partial charge in [-0.25, -0.2) is 17.9 Å². The monoisotopic (exact) mass is 411 g/mol. The minimum Gasteiger partial charge on any atom is -0.497 e. The minimum absolute atomic E-state index is 0.0380. The van der Waals surface area contributed by atoms with Gasteiger partial charge in [-0.2, -0.15) is 0 Å². The molecule has 0 unspecified atom stereocenters. The van der Waals surface area contributed by atoms with Gasteiger partial charge in [0.05, 0.1) is 26.4 Å². The lowest BCUT2D eigenvalue weighted by atomic mass is 10.1. The van der Waals surface area contributed by atoms with Crippen molar-refractivity contribution in [3.63, 3.8) is 0 Å². The number of ether oxygens (including phenoxy) is 3. The first kappa shape index (κ1) is 21.3. The van der Waals surface area contributed by atoms with Crippen molar-refractivity contribution in [3.05, 3.63) is 35.1 Å². The molecule has 0 saturated heterocycles. The Morgan fingerprint density at radius 2 is 1.82 bits per heavy atom. The molecule has 1 heterocycles. The Balaban J connectivity index is 2.60. The van der Waals surface area contributed by atoms with Gasteiger partial charge in [-0.05, 0) is 32.9 Å². The van der Waals surface area contributed by atoms with Crippen LogP contribution in [0.15, 0.2) is 27.5 Å². The fourth-order valence-corrected chi connectivity index (χ4v) is 3.79. The normalized spacial score (nSPS) is 11.0. The molecule has 0 spiro atoms. The van der Waals surface area contributed by atoms with Crippen molar-refractivity contribution < 1.29 is 36.6 Å². The van der Waals surface area contributed by atoms with Crippen LogP contribution < -0.4 is 14.2 Å². The summed E-state index contributed by atoms with van der Waals surface area (Å²) < 4.78 is 48.5. The Labute approximate surface area is 162 Å². The smallest absolute Gasteiger partial charge is 0.344 e. The molecule has 0 aliphatic carbocycles. The number of Topliss-reactive ketones (excluding diaryl/α,β-unsaturated/α-hetero) is 1. The van der Waals surface area contributed by atoms with Crippen LogP contribution in [-0.4, -0.2) is 41.0 Å². The molecule has 0 aliphatic heterocycles. The summed E-state index contributed by atoms with van der Waals surface area (Å²) in [4.78, 5) is 24.0. The summed E-state index contributed by atoms with van der Waals surface area (Å²) in [5.41, 5.74) is -0.328. The number of carbonyl (C=O) groups excluding carboxylic acids is 2. The molecule has 0 aliphatic rings. The second-order valence-corrected chi connectivity index (χ2v) is 7.29. The molecule has 0 fully saturated rings. The van der Waals surface area contributed by atoms with Gasteiger partial charge in [-0.1, -0.05) is 0 Å². The summed E-state index contributed by atoms with van der Waals surface area (Å²) in [7, 11) is -1.55. The molecule has 2 aromatic rings. The molecular formula is C18H21NO8S. The average molecular weight is 411 g/mol. The third-order valence-electron chi connectivity index (χ3n) is 3.80. The molecule has 0 atom stereocenters. The Morgan fingerprint density at radius 1 is 1.14 bits per heavy atom. The molecule has 0 saturated carbocycles.